The highest BCUT2D eigenvalue weighted by atomic mass is 19.4. The summed E-state index contributed by atoms with van der Waals surface area (Å²) >= 11 is 0. The number of nitrogens with one attached hydrogen (secondary N) is 1. The fourth-order valence-corrected chi connectivity index (χ4v) is 3.89. The number of carbonyl (C=O) groups excluding carboxylic acids is 1. The Morgan fingerprint density at radius 2 is 1.79 bits per heavy atom. The van der Waals surface area contributed by atoms with E-state index in [1.165, 1.54) is 18.2 Å². The van der Waals surface area contributed by atoms with Crippen LogP contribution in [-0.4, -0.2) is 15.5 Å². The van der Waals surface area contributed by atoms with Gasteiger partial charge in [0.05, 0.1) is 29.5 Å². The maximum absolute atomic E-state index is 13.3. The summed E-state index contributed by atoms with van der Waals surface area (Å²) in [5, 5.41) is 2.49. The molecule has 7 heteroatoms. The molecule has 150 valence electrons. The molecule has 1 N–H and O–H groups in total. The van der Waals surface area contributed by atoms with E-state index in [1.54, 1.807) is 4.90 Å². The van der Waals surface area contributed by atoms with Gasteiger partial charge in [0, 0.05) is 11.9 Å². The van der Waals surface area contributed by atoms with E-state index in [1.807, 2.05) is 54.1 Å². The van der Waals surface area contributed by atoms with Crippen molar-refractivity contribution in [2.45, 2.75) is 32.1 Å². The molecule has 0 radical (unpaired) electrons. The number of urea groups is 1. The van der Waals surface area contributed by atoms with Gasteiger partial charge in [-0.05, 0) is 42.3 Å². The molecule has 0 aliphatic carbocycles. The number of nitrogens with zero attached hydrogens (tertiary/aromatic N) is 2. The molecule has 4 nitrogen and oxygen atoms in total. The Hall–Kier alpha value is -3.22. The molecule has 0 fully saturated rings. The zero-order chi connectivity index (χ0) is 20.6. The summed E-state index contributed by atoms with van der Waals surface area (Å²) < 4.78 is 42.0. The third kappa shape index (κ3) is 3.48. The number of anilines is 1. The van der Waals surface area contributed by atoms with Gasteiger partial charge in [-0.1, -0.05) is 37.3 Å². The molecule has 0 spiro atoms. The molecule has 3 aromatic rings. The first-order valence-electron chi connectivity index (χ1n) is 9.39. The van der Waals surface area contributed by atoms with Gasteiger partial charge in [0.25, 0.3) is 0 Å². The van der Waals surface area contributed by atoms with Gasteiger partial charge in [-0.3, -0.25) is 0 Å². The summed E-state index contributed by atoms with van der Waals surface area (Å²) in [5.41, 5.74) is 1.72. The van der Waals surface area contributed by atoms with Crippen LogP contribution in [0.2, 0.25) is 0 Å². The normalized spacial score (nSPS) is 16.0. The molecule has 0 saturated carbocycles. The fourth-order valence-electron chi connectivity index (χ4n) is 3.89. The molecule has 2 amide bonds. The lowest BCUT2D eigenvalue weighted by Gasteiger charge is -2.30. The van der Waals surface area contributed by atoms with E-state index in [9.17, 15) is 18.0 Å². The second-order valence-electron chi connectivity index (χ2n) is 6.96. The average molecular weight is 399 g/mol. The van der Waals surface area contributed by atoms with Crippen molar-refractivity contribution in [1.82, 2.24) is 9.47 Å². The third-order valence-electron chi connectivity index (χ3n) is 5.21. The van der Waals surface area contributed by atoms with Crippen LogP contribution >= 0.6 is 0 Å². The van der Waals surface area contributed by atoms with Crippen LogP contribution in [0.3, 0.4) is 0 Å². The zero-order valence-electron chi connectivity index (χ0n) is 15.8. The Balaban J connectivity index is 1.73. The van der Waals surface area contributed by atoms with Gasteiger partial charge in [0.15, 0.2) is 0 Å². The van der Waals surface area contributed by atoms with Crippen LogP contribution in [0.5, 0.6) is 0 Å². The lowest BCUT2D eigenvalue weighted by molar-refractivity contribution is -0.136. The van der Waals surface area contributed by atoms with E-state index in [2.05, 4.69) is 5.32 Å². The quantitative estimate of drug-likeness (QED) is 0.564. The van der Waals surface area contributed by atoms with Crippen LogP contribution in [-0.2, 0) is 12.7 Å². The monoisotopic (exact) mass is 399 g/mol. The number of para-hydroxylation sites is 2. The number of aromatic nitrogens is 1. The van der Waals surface area contributed by atoms with Gasteiger partial charge in [0.1, 0.15) is 0 Å². The minimum absolute atomic E-state index is 0.243. The molecule has 2 aromatic carbocycles. The highest BCUT2D eigenvalue weighted by Crippen LogP contribution is 2.37. The lowest BCUT2D eigenvalue weighted by atomic mass is 10.1. The molecule has 1 atom stereocenters. The van der Waals surface area contributed by atoms with E-state index in [0.29, 0.717) is 13.0 Å². The van der Waals surface area contributed by atoms with Crippen molar-refractivity contribution in [3.63, 3.8) is 0 Å². The van der Waals surface area contributed by atoms with Crippen molar-refractivity contribution >= 4 is 11.7 Å². The van der Waals surface area contributed by atoms with Crippen molar-refractivity contribution in [2.75, 3.05) is 5.32 Å². The predicted octanol–water partition coefficient (Wildman–Crippen LogP) is 5.99. The van der Waals surface area contributed by atoms with Crippen LogP contribution in [0.1, 0.15) is 36.2 Å². The van der Waals surface area contributed by atoms with Gasteiger partial charge >= 0.3 is 12.2 Å². The minimum atomic E-state index is -4.55. The Morgan fingerprint density at radius 1 is 1.07 bits per heavy atom. The Morgan fingerprint density at radius 3 is 2.55 bits per heavy atom. The number of rotatable bonds is 2. The van der Waals surface area contributed by atoms with Crippen LogP contribution in [0.15, 0.2) is 66.9 Å². The summed E-state index contributed by atoms with van der Waals surface area (Å²) in [6, 6.07) is 15.8. The number of hydrogen-bond acceptors (Lipinski definition) is 1. The van der Waals surface area contributed by atoms with Crippen LogP contribution in [0.25, 0.3) is 5.69 Å². The van der Waals surface area contributed by atoms with E-state index < -0.39 is 17.8 Å². The van der Waals surface area contributed by atoms with Crippen molar-refractivity contribution in [3.8, 4) is 5.69 Å². The van der Waals surface area contributed by atoms with E-state index in [-0.39, 0.29) is 11.7 Å². The predicted molar refractivity (Wildman–Crippen MR) is 105 cm³/mol. The summed E-state index contributed by atoms with van der Waals surface area (Å²) in [4.78, 5) is 14.8. The maximum atomic E-state index is 13.3. The van der Waals surface area contributed by atoms with Gasteiger partial charge in [-0.2, -0.15) is 13.2 Å². The van der Waals surface area contributed by atoms with Crippen molar-refractivity contribution in [2.24, 2.45) is 0 Å². The van der Waals surface area contributed by atoms with Gasteiger partial charge in [-0.25, -0.2) is 4.79 Å². The molecule has 1 aliphatic rings. The highest BCUT2D eigenvalue weighted by Gasteiger charge is 2.35. The topological polar surface area (TPSA) is 37.3 Å². The van der Waals surface area contributed by atoms with Crippen LogP contribution in [0, 0.1) is 0 Å². The second-order valence-corrected chi connectivity index (χ2v) is 6.96. The van der Waals surface area contributed by atoms with Gasteiger partial charge in [0.2, 0.25) is 0 Å². The van der Waals surface area contributed by atoms with Crippen molar-refractivity contribution in [3.05, 3.63) is 83.7 Å². The lowest BCUT2D eigenvalue weighted by Crippen LogP contribution is -2.37. The zero-order valence-corrected chi connectivity index (χ0v) is 15.8. The second kappa shape index (κ2) is 7.31. The van der Waals surface area contributed by atoms with Gasteiger partial charge in [-0.15, -0.1) is 0 Å². The molecule has 1 aliphatic heterocycles. The van der Waals surface area contributed by atoms with E-state index in [0.717, 1.165) is 23.0 Å². The standard InChI is InChI=1S/C22H20F3N3O/c1-2-18-20-12-7-13-27(20)19-11-6-3-8-15(19)14-28(18)21(29)26-17-10-5-4-9-16(17)22(23,24)25/h3-13,18H,2,14H2,1H3,(H,26,29)/t18-/m1/s1. The molecule has 1 aromatic heterocycles. The Labute approximate surface area is 166 Å². The molecule has 0 bridgehead atoms. The third-order valence-corrected chi connectivity index (χ3v) is 5.21. The summed E-state index contributed by atoms with van der Waals surface area (Å²) in [5.74, 6) is 0. The number of carbonyl (C=O) groups is 1. The first-order chi connectivity index (χ1) is 13.9. The first-order valence-corrected chi connectivity index (χ1v) is 9.39. The van der Waals surface area contributed by atoms with Gasteiger partial charge < -0.3 is 14.8 Å². The number of alkyl halides is 3. The smallest absolute Gasteiger partial charge is 0.318 e. The summed E-state index contributed by atoms with van der Waals surface area (Å²) in [6.07, 6.45) is -1.97. The molecule has 0 unspecified atom stereocenters. The Bertz CT molecular complexity index is 1040. The first kappa shape index (κ1) is 19.1. The number of amides is 2. The number of halogens is 3. The number of fused-ring (bicyclic) bond motifs is 3. The summed E-state index contributed by atoms with van der Waals surface area (Å²) in [7, 11) is 0. The maximum Gasteiger partial charge on any atom is 0.418 e. The number of hydrogen-bond donors (Lipinski definition) is 1. The molecule has 2 heterocycles. The van der Waals surface area contributed by atoms with Crippen LogP contribution in [0.4, 0.5) is 23.7 Å². The molecular formula is C22H20F3N3O. The molecule has 0 saturated heterocycles. The van der Waals surface area contributed by atoms with E-state index >= 15 is 0 Å². The van der Waals surface area contributed by atoms with E-state index in [4.69, 9.17) is 0 Å². The average Bonchev–Trinajstić information content (AvgIpc) is 3.12. The largest absolute Gasteiger partial charge is 0.418 e. The van der Waals surface area contributed by atoms with Crippen molar-refractivity contribution in [1.29, 1.82) is 0 Å². The highest BCUT2D eigenvalue weighted by molar-refractivity contribution is 5.90. The summed E-state index contributed by atoms with van der Waals surface area (Å²) in [6.45, 7) is 2.26. The minimum Gasteiger partial charge on any atom is -0.318 e. The van der Waals surface area contributed by atoms with Crippen LogP contribution < -0.4 is 5.32 Å². The fraction of sp³-hybridized carbons (Fsp3) is 0.227. The SMILES string of the molecule is CC[C@@H]1c2cccn2-c2ccccc2CN1C(=O)Nc1ccccc1C(F)(F)F. The van der Waals surface area contributed by atoms with Crippen molar-refractivity contribution < 1.29 is 18.0 Å². The molecular weight excluding hydrogens is 379 g/mol. The number of benzene rings is 2. The molecule has 4 rings (SSSR count). The molecule has 29 heavy (non-hydrogen) atoms. The Kier molecular flexibility index (Phi) is 4.82.